The highest BCUT2D eigenvalue weighted by Gasteiger charge is 2.33. The molecule has 0 atom stereocenters. The van der Waals surface area contributed by atoms with Gasteiger partial charge in [-0.1, -0.05) is 0 Å². The number of halogens is 14. The molecule has 2 rings (SSSR count). The van der Waals surface area contributed by atoms with E-state index in [9.17, 15) is 61.5 Å². The Morgan fingerprint density at radius 1 is 0.355 bits per heavy atom. The Balaban J connectivity index is 2.62. The van der Waals surface area contributed by atoms with Gasteiger partial charge in [0.2, 0.25) is 23.3 Å². The minimum Gasteiger partial charge on any atom is -0.400 e. The lowest BCUT2D eigenvalue weighted by Crippen LogP contribution is -2.07. The molecule has 0 unspecified atom stereocenters. The molecular weight excluding hydrogens is 474 g/mol. The van der Waals surface area contributed by atoms with Crippen LogP contribution in [-0.4, -0.2) is 0 Å². The molecule has 0 aliphatic rings. The second kappa shape index (κ2) is 8.47. The molecule has 0 N–H and O–H groups in total. The summed E-state index contributed by atoms with van der Waals surface area (Å²) in [5.74, 6) is -34.9. The van der Waals surface area contributed by atoms with Crippen LogP contribution in [0.1, 0.15) is 11.1 Å². The van der Waals surface area contributed by atoms with Crippen molar-refractivity contribution in [2.75, 3.05) is 0 Å². The molecule has 31 heavy (non-hydrogen) atoms. The van der Waals surface area contributed by atoms with E-state index in [2.05, 4.69) is 4.74 Å². The van der Waals surface area contributed by atoms with Gasteiger partial charge in [-0.25, -0.2) is 43.9 Å². The smallest absolute Gasteiger partial charge is 0.317 e. The molecule has 0 bridgehead atoms. The van der Waals surface area contributed by atoms with Gasteiger partial charge in [0.05, 0.1) is 11.1 Å². The van der Waals surface area contributed by atoms with Crippen molar-refractivity contribution in [3.8, 4) is 0 Å². The van der Waals surface area contributed by atoms with Gasteiger partial charge in [-0.15, -0.1) is 0 Å². The molecule has 0 radical (unpaired) electrons. The third-order valence-electron chi connectivity index (χ3n) is 3.38. The lowest BCUT2D eigenvalue weighted by molar-refractivity contribution is 0.150. The molecule has 15 heteroatoms. The van der Waals surface area contributed by atoms with Crippen LogP contribution < -0.4 is 0 Å². The van der Waals surface area contributed by atoms with Crippen LogP contribution in [0.4, 0.5) is 61.5 Å². The van der Waals surface area contributed by atoms with E-state index in [-0.39, 0.29) is 0 Å². The Morgan fingerprint density at radius 2 is 0.548 bits per heavy atom. The largest absolute Gasteiger partial charge is 0.400 e. The first-order valence-electron chi connectivity index (χ1n) is 7.05. The van der Waals surface area contributed by atoms with Crippen LogP contribution in [0, 0.1) is 58.2 Å². The standard InChI is InChI=1S/C16F14O/c17-3-1(4(18)10(24)13(27)9(3)23)7(21)15(29)31-16(30)8(22)2-5(19)11(25)14(28)12(26)6(2)20. The SMILES string of the molecule is FC(OC(F)=C(F)c1c(F)c(F)c(F)c(F)c1F)=C(F)c1c(F)c(F)c(F)c(F)c1F. The van der Waals surface area contributed by atoms with Crippen molar-refractivity contribution in [3.63, 3.8) is 0 Å². The Kier molecular flexibility index (Phi) is 6.56. The quantitative estimate of drug-likeness (QED) is 0.202. The number of benzene rings is 2. The summed E-state index contributed by atoms with van der Waals surface area (Å²) in [5.41, 5.74) is -5.28. The zero-order valence-electron chi connectivity index (χ0n) is 13.7. The first-order chi connectivity index (χ1) is 14.2. The summed E-state index contributed by atoms with van der Waals surface area (Å²) in [5, 5.41) is 0. The number of rotatable bonds is 4. The van der Waals surface area contributed by atoms with Crippen molar-refractivity contribution in [3.05, 3.63) is 81.3 Å². The van der Waals surface area contributed by atoms with Gasteiger partial charge in [0.25, 0.3) is 0 Å². The maximum absolute atomic E-state index is 13.7. The van der Waals surface area contributed by atoms with E-state index < -0.39 is 93.0 Å². The molecule has 0 aliphatic carbocycles. The average Bonchev–Trinajstić information content (AvgIpc) is 2.73. The van der Waals surface area contributed by atoms with Crippen LogP contribution in [0.2, 0.25) is 0 Å². The van der Waals surface area contributed by atoms with Crippen molar-refractivity contribution < 1.29 is 66.2 Å². The van der Waals surface area contributed by atoms with E-state index in [1.807, 2.05) is 0 Å². The summed E-state index contributed by atoms with van der Waals surface area (Å²) in [6.07, 6.45) is 0. The summed E-state index contributed by atoms with van der Waals surface area (Å²) in [4.78, 5) is 0. The zero-order chi connectivity index (χ0) is 23.9. The monoisotopic (exact) mass is 474 g/mol. The predicted octanol–water partition coefficient (Wildman–Crippen LogP) is 6.92. The summed E-state index contributed by atoms with van der Waals surface area (Å²) in [6.45, 7) is 0. The minimum absolute atomic E-state index is 2.64. The Labute approximate surface area is 160 Å². The lowest BCUT2D eigenvalue weighted by atomic mass is 10.1. The van der Waals surface area contributed by atoms with Crippen LogP contribution in [0.3, 0.4) is 0 Å². The normalized spacial score (nSPS) is 13.2. The van der Waals surface area contributed by atoms with Crippen LogP contribution in [0.5, 0.6) is 0 Å². The van der Waals surface area contributed by atoms with Crippen molar-refractivity contribution in [2.24, 2.45) is 0 Å². The van der Waals surface area contributed by atoms with Crippen LogP contribution >= 0.6 is 0 Å². The average molecular weight is 474 g/mol. The van der Waals surface area contributed by atoms with Crippen molar-refractivity contribution in [2.45, 2.75) is 0 Å². The molecule has 0 aromatic heterocycles. The molecule has 168 valence electrons. The molecule has 0 aliphatic heterocycles. The molecular formula is C16F14O. The van der Waals surface area contributed by atoms with E-state index in [4.69, 9.17) is 0 Å². The fourth-order valence-corrected chi connectivity index (χ4v) is 1.96. The first kappa shape index (κ1) is 24.0. The second-order valence-electron chi connectivity index (χ2n) is 5.17. The van der Waals surface area contributed by atoms with E-state index in [1.165, 1.54) is 0 Å². The number of ether oxygens (including phenoxy) is 1. The highest BCUT2D eigenvalue weighted by atomic mass is 19.2. The Hall–Kier alpha value is -3.26. The van der Waals surface area contributed by atoms with E-state index in [1.54, 1.807) is 0 Å². The third-order valence-corrected chi connectivity index (χ3v) is 3.38. The van der Waals surface area contributed by atoms with Crippen LogP contribution in [0.25, 0.3) is 11.7 Å². The van der Waals surface area contributed by atoms with Crippen LogP contribution in [0.15, 0.2) is 12.0 Å². The van der Waals surface area contributed by atoms with E-state index in [0.717, 1.165) is 0 Å². The van der Waals surface area contributed by atoms with Crippen molar-refractivity contribution >= 4 is 11.7 Å². The predicted molar refractivity (Wildman–Crippen MR) is 71.8 cm³/mol. The van der Waals surface area contributed by atoms with E-state index >= 15 is 0 Å². The highest BCUT2D eigenvalue weighted by molar-refractivity contribution is 5.64. The summed E-state index contributed by atoms with van der Waals surface area (Å²) in [6, 6.07) is -6.50. The minimum atomic E-state index is -3.25. The number of hydrogen-bond acceptors (Lipinski definition) is 1. The highest BCUT2D eigenvalue weighted by Crippen LogP contribution is 2.35. The second-order valence-corrected chi connectivity index (χ2v) is 5.17. The molecule has 1 nitrogen and oxygen atoms in total. The number of hydrogen-bond donors (Lipinski definition) is 0. The lowest BCUT2D eigenvalue weighted by Gasteiger charge is -2.09. The summed E-state index contributed by atoms with van der Waals surface area (Å²) < 4.78 is 189. The fourth-order valence-electron chi connectivity index (χ4n) is 1.96. The van der Waals surface area contributed by atoms with Gasteiger partial charge in [0, 0.05) is 0 Å². The third kappa shape index (κ3) is 3.90. The first-order valence-corrected chi connectivity index (χ1v) is 7.05. The van der Waals surface area contributed by atoms with Crippen LogP contribution in [-0.2, 0) is 4.74 Å². The molecule has 0 saturated heterocycles. The van der Waals surface area contributed by atoms with Gasteiger partial charge in [-0.05, 0) is 0 Å². The molecule has 0 heterocycles. The van der Waals surface area contributed by atoms with Gasteiger partial charge < -0.3 is 4.74 Å². The molecule has 2 aromatic rings. The zero-order valence-corrected chi connectivity index (χ0v) is 13.7. The van der Waals surface area contributed by atoms with Gasteiger partial charge in [0.1, 0.15) is 0 Å². The van der Waals surface area contributed by atoms with Crippen molar-refractivity contribution in [1.29, 1.82) is 0 Å². The van der Waals surface area contributed by atoms with Crippen molar-refractivity contribution in [1.82, 2.24) is 0 Å². The maximum Gasteiger partial charge on any atom is 0.317 e. The Morgan fingerprint density at radius 3 is 0.774 bits per heavy atom. The summed E-state index contributed by atoms with van der Waals surface area (Å²) >= 11 is 0. The fraction of sp³-hybridized carbons (Fsp3) is 0. The molecule has 0 spiro atoms. The molecule has 2 aromatic carbocycles. The van der Waals surface area contributed by atoms with Gasteiger partial charge in [0.15, 0.2) is 46.5 Å². The van der Waals surface area contributed by atoms with Gasteiger partial charge in [-0.3, -0.25) is 0 Å². The van der Waals surface area contributed by atoms with E-state index in [0.29, 0.717) is 0 Å². The molecule has 0 saturated carbocycles. The van der Waals surface area contributed by atoms with Gasteiger partial charge >= 0.3 is 12.0 Å². The summed E-state index contributed by atoms with van der Waals surface area (Å²) in [7, 11) is 0. The molecule has 0 fully saturated rings. The topological polar surface area (TPSA) is 9.23 Å². The Bertz CT molecular complexity index is 1000. The van der Waals surface area contributed by atoms with Gasteiger partial charge in [-0.2, -0.15) is 17.6 Å². The maximum atomic E-state index is 13.7. The molecule has 0 amide bonds.